The Balaban J connectivity index is 2.15. The fourth-order valence-corrected chi connectivity index (χ4v) is 3.19. The second-order valence-electron chi connectivity index (χ2n) is 6.09. The summed E-state index contributed by atoms with van der Waals surface area (Å²) in [5, 5.41) is 20.6. The first kappa shape index (κ1) is 18.6. The summed E-state index contributed by atoms with van der Waals surface area (Å²) in [7, 11) is 1.48. The van der Waals surface area contributed by atoms with Gasteiger partial charge in [0.05, 0.1) is 24.2 Å². The van der Waals surface area contributed by atoms with Crippen molar-refractivity contribution in [2.75, 3.05) is 25.8 Å². The van der Waals surface area contributed by atoms with Gasteiger partial charge in [0.1, 0.15) is 29.8 Å². The van der Waals surface area contributed by atoms with E-state index in [2.05, 4.69) is 21.4 Å². The van der Waals surface area contributed by atoms with Crippen molar-refractivity contribution in [3.05, 3.63) is 18.1 Å². The SMILES string of the molecule is C#Cc1cn(C2OC(CO)C(O)C2(C)OC)c2ncnc(NOCC)c12. The molecule has 4 unspecified atom stereocenters. The zero-order valence-electron chi connectivity index (χ0n) is 14.8. The minimum atomic E-state index is -1.11. The molecule has 1 aliphatic heterocycles. The van der Waals surface area contributed by atoms with Crippen LogP contribution in [0.25, 0.3) is 11.0 Å². The summed E-state index contributed by atoms with van der Waals surface area (Å²) in [6, 6.07) is 0. The van der Waals surface area contributed by atoms with Crippen molar-refractivity contribution in [2.24, 2.45) is 0 Å². The molecule has 1 fully saturated rings. The molecule has 2 aromatic rings. The van der Waals surface area contributed by atoms with Gasteiger partial charge in [-0.1, -0.05) is 5.92 Å². The van der Waals surface area contributed by atoms with Crippen LogP contribution in [0.4, 0.5) is 5.82 Å². The second kappa shape index (κ2) is 7.19. The molecule has 2 aromatic heterocycles. The van der Waals surface area contributed by atoms with Crippen molar-refractivity contribution in [3.8, 4) is 12.3 Å². The summed E-state index contributed by atoms with van der Waals surface area (Å²) in [5.41, 5.74) is 2.68. The number of anilines is 1. The van der Waals surface area contributed by atoms with E-state index in [1.165, 1.54) is 13.4 Å². The average Bonchev–Trinajstić information content (AvgIpc) is 3.16. The van der Waals surface area contributed by atoms with Crippen molar-refractivity contribution < 1.29 is 24.5 Å². The van der Waals surface area contributed by atoms with Gasteiger partial charge in [-0.05, 0) is 13.8 Å². The minimum absolute atomic E-state index is 0.343. The standard InChI is InChI=1S/C17H22N4O5/c1-5-10-7-21(15-12(10)14(18-9-19-15)20-25-6-2)16-17(3,24-4)13(23)11(8-22)26-16/h1,7,9,11,13,16,22-23H,6,8H2,2-4H3,(H,18,19,20). The molecule has 4 atom stereocenters. The Bertz CT molecular complexity index is 832. The first-order chi connectivity index (χ1) is 12.5. The molecule has 3 rings (SSSR count). The molecule has 9 nitrogen and oxygen atoms in total. The summed E-state index contributed by atoms with van der Waals surface area (Å²) in [6.07, 6.45) is 6.14. The predicted molar refractivity (Wildman–Crippen MR) is 93.1 cm³/mol. The molecule has 0 spiro atoms. The molecular weight excluding hydrogens is 340 g/mol. The number of hydrogen-bond acceptors (Lipinski definition) is 8. The van der Waals surface area contributed by atoms with Crippen LogP contribution in [-0.4, -0.2) is 62.9 Å². The van der Waals surface area contributed by atoms with Crippen molar-refractivity contribution in [2.45, 2.75) is 37.9 Å². The summed E-state index contributed by atoms with van der Waals surface area (Å²) >= 11 is 0. The van der Waals surface area contributed by atoms with Gasteiger partial charge in [0, 0.05) is 13.3 Å². The van der Waals surface area contributed by atoms with Gasteiger partial charge in [-0.2, -0.15) is 0 Å². The van der Waals surface area contributed by atoms with E-state index in [9.17, 15) is 10.2 Å². The largest absolute Gasteiger partial charge is 0.394 e. The quantitative estimate of drug-likeness (QED) is 0.501. The Labute approximate surface area is 150 Å². The van der Waals surface area contributed by atoms with Crippen LogP contribution in [0.3, 0.4) is 0 Å². The van der Waals surface area contributed by atoms with E-state index in [1.54, 1.807) is 17.7 Å². The third-order valence-corrected chi connectivity index (χ3v) is 4.68. The predicted octanol–water partition coefficient (Wildman–Crippen LogP) is 0.432. The van der Waals surface area contributed by atoms with Crippen LogP contribution in [0.1, 0.15) is 25.6 Å². The van der Waals surface area contributed by atoms with E-state index in [-0.39, 0.29) is 6.61 Å². The van der Waals surface area contributed by atoms with Gasteiger partial charge in [-0.25, -0.2) is 15.4 Å². The highest BCUT2D eigenvalue weighted by Crippen LogP contribution is 2.43. The maximum absolute atomic E-state index is 10.5. The number of aliphatic hydroxyl groups is 2. The van der Waals surface area contributed by atoms with Crippen molar-refractivity contribution >= 4 is 16.9 Å². The fourth-order valence-electron chi connectivity index (χ4n) is 3.19. The Kier molecular flexibility index (Phi) is 5.13. The van der Waals surface area contributed by atoms with Crippen LogP contribution in [0, 0.1) is 12.3 Å². The first-order valence-corrected chi connectivity index (χ1v) is 8.21. The Hall–Kier alpha value is -2.22. The third-order valence-electron chi connectivity index (χ3n) is 4.68. The summed E-state index contributed by atoms with van der Waals surface area (Å²) in [4.78, 5) is 13.7. The fraction of sp³-hybridized carbons (Fsp3) is 0.529. The van der Waals surface area contributed by atoms with E-state index in [1.807, 2.05) is 6.92 Å². The lowest BCUT2D eigenvalue weighted by molar-refractivity contribution is -0.118. The highest BCUT2D eigenvalue weighted by Gasteiger charge is 2.54. The Morgan fingerprint density at radius 1 is 1.50 bits per heavy atom. The lowest BCUT2D eigenvalue weighted by Gasteiger charge is -2.31. The smallest absolute Gasteiger partial charge is 0.167 e. The number of aromatic nitrogens is 3. The zero-order valence-corrected chi connectivity index (χ0v) is 14.8. The summed E-state index contributed by atoms with van der Waals surface area (Å²) in [6.45, 7) is 3.64. The molecule has 9 heteroatoms. The lowest BCUT2D eigenvalue weighted by Crippen LogP contribution is -2.46. The van der Waals surface area contributed by atoms with E-state index in [4.69, 9.17) is 20.7 Å². The molecule has 3 heterocycles. The average molecular weight is 362 g/mol. The number of rotatable bonds is 6. The van der Waals surface area contributed by atoms with E-state index in [0.29, 0.717) is 29.0 Å². The summed E-state index contributed by atoms with van der Waals surface area (Å²) in [5.74, 6) is 3.04. The maximum atomic E-state index is 10.5. The highest BCUT2D eigenvalue weighted by molar-refractivity contribution is 5.93. The molecule has 0 saturated carbocycles. The van der Waals surface area contributed by atoms with Crippen LogP contribution in [0.15, 0.2) is 12.5 Å². The summed E-state index contributed by atoms with van der Waals surface area (Å²) < 4.78 is 13.1. The van der Waals surface area contributed by atoms with Crippen LogP contribution in [-0.2, 0) is 14.3 Å². The molecule has 0 bridgehead atoms. The lowest BCUT2D eigenvalue weighted by atomic mass is 9.96. The molecule has 1 aliphatic rings. The first-order valence-electron chi connectivity index (χ1n) is 8.21. The Morgan fingerprint density at radius 2 is 2.27 bits per heavy atom. The van der Waals surface area contributed by atoms with E-state index in [0.717, 1.165) is 0 Å². The number of nitrogens with one attached hydrogen (secondary N) is 1. The molecule has 0 radical (unpaired) electrons. The van der Waals surface area contributed by atoms with Gasteiger partial charge in [0.15, 0.2) is 12.0 Å². The molecule has 140 valence electrons. The normalized spacial score (nSPS) is 28.4. The number of ether oxygens (including phenoxy) is 2. The zero-order chi connectivity index (χ0) is 18.9. The number of hydrogen-bond donors (Lipinski definition) is 3. The van der Waals surface area contributed by atoms with E-state index < -0.39 is 24.0 Å². The molecule has 0 amide bonds. The van der Waals surface area contributed by atoms with Crippen molar-refractivity contribution in [1.29, 1.82) is 0 Å². The van der Waals surface area contributed by atoms with Gasteiger partial charge >= 0.3 is 0 Å². The van der Waals surface area contributed by atoms with Crippen molar-refractivity contribution in [3.63, 3.8) is 0 Å². The maximum Gasteiger partial charge on any atom is 0.167 e. The highest BCUT2D eigenvalue weighted by atomic mass is 16.6. The molecule has 3 N–H and O–H groups in total. The monoisotopic (exact) mass is 362 g/mol. The molecule has 0 aliphatic carbocycles. The number of nitrogens with zero attached hydrogens (tertiary/aromatic N) is 3. The van der Waals surface area contributed by atoms with Crippen LogP contribution >= 0.6 is 0 Å². The van der Waals surface area contributed by atoms with Crippen LogP contribution in [0.2, 0.25) is 0 Å². The third kappa shape index (κ3) is 2.72. The van der Waals surface area contributed by atoms with Crippen molar-refractivity contribution in [1.82, 2.24) is 14.5 Å². The van der Waals surface area contributed by atoms with Crippen LogP contribution in [0.5, 0.6) is 0 Å². The number of fused-ring (bicyclic) bond motifs is 1. The van der Waals surface area contributed by atoms with Gasteiger partial charge in [-0.3, -0.25) is 4.84 Å². The van der Waals surface area contributed by atoms with Gasteiger partial charge in [-0.15, -0.1) is 6.42 Å². The Morgan fingerprint density at radius 3 is 2.88 bits per heavy atom. The molecular formula is C17H22N4O5. The molecule has 1 saturated heterocycles. The van der Waals surface area contributed by atoms with Crippen LogP contribution < -0.4 is 5.48 Å². The number of terminal acetylenes is 1. The van der Waals surface area contributed by atoms with Gasteiger partial charge in [0.25, 0.3) is 0 Å². The molecule has 26 heavy (non-hydrogen) atoms. The number of methoxy groups -OCH3 is 1. The second-order valence-corrected chi connectivity index (χ2v) is 6.09. The minimum Gasteiger partial charge on any atom is -0.394 e. The number of aliphatic hydroxyl groups excluding tert-OH is 2. The molecule has 0 aromatic carbocycles. The van der Waals surface area contributed by atoms with Gasteiger partial charge < -0.3 is 24.3 Å². The van der Waals surface area contributed by atoms with E-state index >= 15 is 0 Å². The van der Waals surface area contributed by atoms with Gasteiger partial charge in [0.2, 0.25) is 0 Å². The topological polar surface area (TPSA) is 111 Å².